The molecular formula is C10H20O2Si. The van der Waals surface area contributed by atoms with E-state index < -0.39 is 14.8 Å². The molecule has 0 aromatic carbocycles. The fourth-order valence-corrected chi connectivity index (χ4v) is 3.88. The van der Waals surface area contributed by atoms with Crippen LogP contribution in [-0.2, 0) is 4.79 Å². The van der Waals surface area contributed by atoms with Gasteiger partial charge in [-0.25, -0.2) is 4.79 Å². The molecule has 0 bridgehead atoms. The van der Waals surface area contributed by atoms with Crippen molar-refractivity contribution in [2.45, 2.75) is 44.8 Å². The second-order valence-electron chi connectivity index (χ2n) is 3.86. The van der Waals surface area contributed by atoms with Crippen LogP contribution in [0, 0.1) is 0 Å². The molecule has 76 valence electrons. The van der Waals surface area contributed by atoms with Crippen molar-refractivity contribution >= 4 is 14.8 Å². The van der Waals surface area contributed by atoms with Crippen LogP contribution in [0.4, 0.5) is 0 Å². The molecule has 1 N–H and O–H groups in total. The van der Waals surface area contributed by atoms with Gasteiger partial charge in [0.2, 0.25) is 0 Å². The normalized spacial score (nSPS) is 17.5. The Kier molecular flexibility index (Phi) is 4.99. The Labute approximate surface area is 82.3 Å². The van der Waals surface area contributed by atoms with Gasteiger partial charge in [0, 0.05) is 14.4 Å². The quantitative estimate of drug-likeness (QED) is 0.547. The highest BCUT2D eigenvalue weighted by Gasteiger charge is 2.24. The largest absolute Gasteiger partial charge is 0.478 e. The number of aliphatic carboxylic acids is 1. The van der Waals surface area contributed by atoms with Crippen molar-refractivity contribution in [1.82, 2.24) is 0 Å². The van der Waals surface area contributed by atoms with Crippen molar-refractivity contribution < 1.29 is 9.90 Å². The Morgan fingerprint density at radius 1 is 1.54 bits per heavy atom. The van der Waals surface area contributed by atoms with Crippen LogP contribution in [0.15, 0.2) is 12.2 Å². The highest BCUT2D eigenvalue weighted by molar-refractivity contribution is 6.61. The molecular weight excluding hydrogens is 180 g/mol. The van der Waals surface area contributed by atoms with Crippen LogP contribution in [0.25, 0.3) is 0 Å². The van der Waals surface area contributed by atoms with Crippen molar-refractivity contribution in [2.24, 2.45) is 0 Å². The molecule has 0 aliphatic rings. The SMILES string of the molecule is C=C(C(=O)O)C(C)[SiH](C)C(C)CC. The Morgan fingerprint density at radius 2 is 2.00 bits per heavy atom. The summed E-state index contributed by atoms with van der Waals surface area (Å²) in [4.78, 5) is 10.7. The highest BCUT2D eigenvalue weighted by Crippen LogP contribution is 2.28. The van der Waals surface area contributed by atoms with Gasteiger partial charge in [0.05, 0.1) is 0 Å². The molecule has 0 aromatic heterocycles. The minimum Gasteiger partial charge on any atom is -0.478 e. The Bertz CT molecular complexity index is 201. The summed E-state index contributed by atoms with van der Waals surface area (Å²) >= 11 is 0. The summed E-state index contributed by atoms with van der Waals surface area (Å²) in [7, 11) is -0.985. The molecule has 3 unspecified atom stereocenters. The Hall–Kier alpha value is -0.573. The van der Waals surface area contributed by atoms with Crippen molar-refractivity contribution in [1.29, 1.82) is 0 Å². The molecule has 0 saturated carbocycles. The zero-order valence-electron chi connectivity index (χ0n) is 9.00. The number of rotatable bonds is 5. The molecule has 0 rings (SSSR count). The van der Waals surface area contributed by atoms with Crippen LogP contribution in [-0.4, -0.2) is 19.9 Å². The van der Waals surface area contributed by atoms with Gasteiger partial charge in [-0.1, -0.05) is 45.9 Å². The van der Waals surface area contributed by atoms with Gasteiger partial charge in [-0.15, -0.1) is 0 Å². The van der Waals surface area contributed by atoms with E-state index in [9.17, 15) is 4.79 Å². The van der Waals surface area contributed by atoms with E-state index in [1.165, 1.54) is 0 Å². The summed E-state index contributed by atoms with van der Waals surface area (Å²) in [6, 6.07) is 0. The lowest BCUT2D eigenvalue weighted by Gasteiger charge is -2.23. The van der Waals surface area contributed by atoms with Gasteiger partial charge in [0.1, 0.15) is 0 Å². The van der Waals surface area contributed by atoms with Gasteiger partial charge in [-0.2, -0.15) is 0 Å². The van der Waals surface area contributed by atoms with Crippen LogP contribution < -0.4 is 0 Å². The number of carboxylic acids is 1. The van der Waals surface area contributed by atoms with Crippen LogP contribution in [0.1, 0.15) is 27.2 Å². The second kappa shape index (κ2) is 5.22. The van der Waals surface area contributed by atoms with E-state index in [-0.39, 0.29) is 5.54 Å². The van der Waals surface area contributed by atoms with Gasteiger partial charge in [-0.3, -0.25) is 0 Å². The molecule has 0 amide bonds. The first-order valence-corrected chi connectivity index (χ1v) is 7.32. The van der Waals surface area contributed by atoms with Crippen molar-refractivity contribution in [3.63, 3.8) is 0 Å². The highest BCUT2D eigenvalue weighted by atomic mass is 28.3. The minimum atomic E-state index is -0.985. The van der Waals surface area contributed by atoms with Gasteiger partial charge in [-0.05, 0) is 5.54 Å². The number of carbonyl (C=O) groups is 1. The third-order valence-electron chi connectivity index (χ3n) is 3.15. The summed E-state index contributed by atoms with van der Waals surface area (Å²) in [5.74, 6) is -0.838. The van der Waals surface area contributed by atoms with Gasteiger partial charge >= 0.3 is 5.97 Å². The zero-order valence-corrected chi connectivity index (χ0v) is 10.2. The smallest absolute Gasteiger partial charge is 0.330 e. The molecule has 0 heterocycles. The lowest BCUT2D eigenvalue weighted by Crippen LogP contribution is -2.23. The van der Waals surface area contributed by atoms with Crippen LogP contribution in [0.5, 0.6) is 0 Å². The van der Waals surface area contributed by atoms with Crippen LogP contribution in [0.3, 0.4) is 0 Å². The standard InChI is InChI=1S/C10H20O2Si/c1-6-7(2)13(5)9(4)8(3)10(11)12/h7,9,13H,3,6H2,1-2,4-5H3,(H,11,12). The fourth-order valence-electron chi connectivity index (χ4n) is 1.38. The fraction of sp³-hybridized carbons (Fsp3) is 0.700. The van der Waals surface area contributed by atoms with E-state index in [2.05, 4.69) is 27.0 Å². The first-order valence-electron chi connectivity index (χ1n) is 4.83. The molecule has 13 heavy (non-hydrogen) atoms. The van der Waals surface area contributed by atoms with E-state index in [1.54, 1.807) is 0 Å². The van der Waals surface area contributed by atoms with Crippen LogP contribution in [0.2, 0.25) is 17.6 Å². The molecule has 3 atom stereocenters. The third-order valence-corrected chi connectivity index (χ3v) is 7.40. The molecule has 0 aliphatic carbocycles. The number of hydrogen-bond donors (Lipinski definition) is 1. The topological polar surface area (TPSA) is 37.3 Å². The zero-order chi connectivity index (χ0) is 10.6. The summed E-state index contributed by atoms with van der Waals surface area (Å²) in [6.45, 7) is 12.2. The lowest BCUT2D eigenvalue weighted by molar-refractivity contribution is -0.132. The molecule has 0 aliphatic heterocycles. The average Bonchev–Trinajstić information content (AvgIpc) is 2.12. The summed E-state index contributed by atoms with van der Waals surface area (Å²) in [6.07, 6.45) is 1.14. The van der Waals surface area contributed by atoms with E-state index in [4.69, 9.17) is 5.11 Å². The van der Waals surface area contributed by atoms with E-state index in [1.807, 2.05) is 6.92 Å². The van der Waals surface area contributed by atoms with E-state index in [0.717, 1.165) is 6.42 Å². The molecule has 0 radical (unpaired) electrons. The minimum absolute atomic E-state index is 0.201. The third kappa shape index (κ3) is 3.34. The number of carboxylic acid groups (broad SMARTS) is 1. The predicted octanol–water partition coefficient (Wildman–Crippen LogP) is 2.67. The van der Waals surface area contributed by atoms with Gasteiger partial charge in [0.15, 0.2) is 0 Å². The molecule has 2 nitrogen and oxygen atoms in total. The maximum atomic E-state index is 10.7. The van der Waals surface area contributed by atoms with E-state index >= 15 is 0 Å². The molecule has 0 spiro atoms. The van der Waals surface area contributed by atoms with Crippen molar-refractivity contribution in [2.75, 3.05) is 0 Å². The summed E-state index contributed by atoms with van der Waals surface area (Å²) in [5.41, 5.74) is 1.28. The molecule has 0 fully saturated rings. The van der Waals surface area contributed by atoms with Crippen molar-refractivity contribution in [3.05, 3.63) is 12.2 Å². The molecule has 3 heteroatoms. The monoisotopic (exact) mass is 200 g/mol. The first-order chi connectivity index (χ1) is 5.91. The summed E-state index contributed by atoms with van der Waals surface area (Å²) in [5, 5.41) is 8.78. The van der Waals surface area contributed by atoms with Gasteiger partial charge < -0.3 is 5.11 Å². The Balaban J connectivity index is 4.33. The second-order valence-corrected chi connectivity index (χ2v) is 7.72. The van der Waals surface area contributed by atoms with Crippen molar-refractivity contribution in [3.8, 4) is 0 Å². The molecule has 0 aromatic rings. The first kappa shape index (κ1) is 12.4. The maximum absolute atomic E-state index is 10.7. The average molecular weight is 200 g/mol. The summed E-state index contributed by atoms with van der Waals surface area (Å²) < 4.78 is 0. The Morgan fingerprint density at radius 3 is 2.31 bits per heavy atom. The van der Waals surface area contributed by atoms with Crippen LogP contribution >= 0.6 is 0 Å². The predicted molar refractivity (Wildman–Crippen MR) is 58.9 cm³/mol. The molecule has 0 saturated heterocycles. The number of hydrogen-bond acceptors (Lipinski definition) is 1. The van der Waals surface area contributed by atoms with Gasteiger partial charge in [0.25, 0.3) is 0 Å². The lowest BCUT2D eigenvalue weighted by atomic mass is 10.2. The van der Waals surface area contributed by atoms with E-state index in [0.29, 0.717) is 11.1 Å². The maximum Gasteiger partial charge on any atom is 0.330 e.